The molecule has 0 radical (unpaired) electrons. The van der Waals surface area contributed by atoms with Gasteiger partial charge in [-0.1, -0.05) is 46.4 Å². The Morgan fingerprint density at radius 3 is 1.78 bits per heavy atom. The molecule has 0 aliphatic heterocycles. The van der Waals surface area contributed by atoms with Crippen LogP contribution in [0.25, 0.3) is 0 Å². The summed E-state index contributed by atoms with van der Waals surface area (Å²) in [6, 6.07) is 0.193. The summed E-state index contributed by atoms with van der Waals surface area (Å²) in [7, 11) is 0. The summed E-state index contributed by atoms with van der Waals surface area (Å²) >= 11 is 22.0. The number of benzene rings is 2. The zero-order chi connectivity index (χ0) is 20.9. The molecule has 0 unspecified atom stereocenters. The molecule has 2 nitrogen and oxygen atoms in total. The maximum absolute atomic E-state index is 14.0. The predicted octanol–water partition coefficient (Wildman–Crippen LogP) is 7.97. The second-order valence-corrected chi connectivity index (χ2v) is 6.40. The van der Waals surface area contributed by atoms with Crippen LogP contribution in [0.1, 0.15) is 11.1 Å². The van der Waals surface area contributed by atoms with Gasteiger partial charge in [-0.15, -0.1) is 0 Å². The zero-order valence-corrected chi connectivity index (χ0v) is 15.2. The van der Waals surface area contributed by atoms with Crippen LogP contribution in [-0.2, 0) is 12.4 Å². The third-order valence-electron chi connectivity index (χ3n) is 3.07. The fourth-order valence-electron chi connectivity index (χ4n) is 1.90. The van der Waals surface area contributed by atoms with Crippen LogP contribution in [0.2, 0.25) is 20.1 Å². The average molecular weight is 478 g/mol. The number of hydrogen-bond donors (Lipinski definition) is 1. The molecule has 1 N–H and O–H groups in total. The van der Waals surface area contributed by atoms with Gasteiger partial charge in [0.15, 0.2) is 23.1 Å². The molecular formula is C14H3Cl4F7O2. The lowest BCUT2D eigenvalue weighted by Crippen LogP contribution is -2.10. The number of phenols is 1. The number of hydrogen-bond acceptors (Lipinski definition) is 2. The molecule has 0 bridgehead atoms. The number of rotatable bonds is 2. The molecule has 0 aliphatic rings. The largest absolute Gasteiger partial charge is 0.505 e. The van der Waals surface area contributed by atoms with Crippen LogP contribution < -0.4 is 4.74 Å². The first-order valence-electron chi connectivity index (χ1n) is 6.37. The Labute approximate surface area is 165 Å². The molecule has 0 aliphatic carbocycles. The van der Waals surface area contributed by atoms with Crippen LogP contribution in [0.4, 0.5) is 30.7 Å². The van der Waals surface area contributed by atoms with Crippen molar-refractivity contribution in [1.29, 1.82) is 0 Å². The second-order valence-electron chi connectivity index (χ2n) is 4.86. The van der Waals surface area contributed by atoms with Gasteiger partial charge in [0.05, 0.1) is 15.6 Å². The molecule has 0 amide bonds. The van der Waals surface area contributed by atoms with Crippen LogP contribution in [0.5, 0.6) is 17.2 Å². The average Bonchev–Trinajstić information content (AvgIpc) is 2.51. The Balaban J connectivity index is 2.72. The lowest BCUT2D eigenvalue weighted by Gasteiger charge is -2.19. The van der Waals surface area contributed by atoms with E-state index >= 15 is 0 Å². The van der Waals surface area contributed by atoms with Crippen LogP contribution in [0.3, 0.4) is 0 Å². The smallest absolute Gasteiger partial charge is 0.421 e. The second kappa shape index (κ2) is 7.27. The maximum atomic E-state index is 14.0. The lowest BCUT2D eigenvalue weighted by atomic mass is 10.1. The Morgan fingerprint density at radius 1 is 0.778 bits per heavy atom. The van der Waals surface area contributed by atoms with Gasteiger partial charge in [-0.05, 0) is 12.1 Å². The van der Waals surface area contributed by atoms with Crippen molar-refractivity contribution < 1.29 is 40.6 Å². The van der Waals surface area contributed by atoms with Crippen LogP contribution in [0, 0.1) is 5.82 Å². The van der Waals surface area contributed by atoms with Crippen LogP contribution in [0.15, 0.2) is 12.1 Å². The number of alkyl halides is 6. The number of halogens is 11. The minimum Gasteiger partial charge on any atom is -0.505 e. The summed E-state index contributed by atoms with van der Waals surface area (Å²) in [6.45, 7) is 0. The normalized spacial score (nSPS) is 12.4. The third-order valence-corrected chi connectivity index (χ3v) is 4.54. The highest BCUT2D eigenvalue weighted by Crippen LogP contribution is 2.54. The molecule has 2 rings (SSSR count). The SMILES string of the molecule is Oc1c(Cl)c(Cl)c(C(F)(F)F)c(Oc2c(F)cc(C(F)(F)F)cc2Cl)c1Cl. The van der Waals surface area contributed by atoms with E-state index in [1.807, 2.05) is 0 Å². The van der Waals surface area contributed by atoms with E-state index in [2.05, 4.69) is 4.74 Å². The summed E-state index contributed by atoms with van der Waals surface area (Å²) in [6.07, 6.45) is -10.2. The van der Waals surface area contributed by atoms with E-state index in [1.165, 1.54) is 0 Å². The molecule has 13 heteroatoms. The fourth-order valence-corrected chi connectivity index (χ4v) is 2.89. The van der Waals surface area contributed by atoms with Gasteiger partial charge in [0.2, 0.25) is 0 Å². The predicted molar refractivity (Wildman–Crippen MR) is 84.6 cm³/mol. The molecule has 2 aromatic rings. The first kappa shape index (κ1) is 22.0. The Hall–Kier alpha value is -1.29. The van der Waals surface area contributed by atoms with Gasteiger partial charge in [-0.3, -0.25) is 0 Å². The number of phenolic OH excluding ortho intramolecular Hbond substituents is 1. The molecule has 0 fully saturated rings. The fraction of sp³-hybridized carbons (Fsp3) is 0.143. The minimum atomic E-state index is -5.23. The Bertz CT molecular complexity index is 887. The van der Waals surface area contributed by atoms with Gasteiger partial charge in [0.1, 0.15) is 15.6 Å². The summed E-state index contributed by atoms with van der Waals surface area (Å²) in [5.74, 6) is -5.44. The summed E-state index contributed by atoms with van der Waals surface area (Å²) < 4.78 is 96.5. The van der Waals surface area contributed by atoms with E-state index in [1.54, 1.807) is 0 Å². The van der Waals surface area contributed by atoms with Crippen LogP contribution in [-0.4, -0.2) is 5.11 Å². The molecule has 2 aromatic carbocycles. The van der Waals surface area contributed by atoms with E-state index in [4.69, 9.17) is 46.4 Å². The van der Waals surface area contributed by atoms with E-state index in [9.17, 15) is 35.8 Å². The van der Waals surface area contributed by atoms with Crippen molar-refractivity contribution in [3.8, 4) is 17.2 Å². The van der Waals surface area contributed by atoms with Crippen molar-refractivity contribution in [2.75, 3.05) is 0 Å². The molecule has 0 heterocycles. The van der Waals surface area contributed by atoms with Gasteiger partial charge in [0.25, 0.3) is 0 Å². The van der Waals surface area contributed by atoms with Crippen LogP contribution >= 0.6 is 46.4 Å². The first-order valence-corrected chi connectivity index (χ1v) is 7.88. The Morgan fingerprint density at radius 2 is 1.33 bits per heavy atom. The standard InChI is InChI=1S/C14H3Cl4F7O2/c15-4-1-3(13(20,21)22)2-5(19)11(4)27-12-6(14(23,24)25)7(16)8(17)10(26)9(12)18/h1-2,26H. The lowest BCUT2D eigenvalue weighted by molar-refractivity contribution is -0.138. The molecule has 0 saturated carbocycles. The third kappa shape index (κ3) is 4.26. The van der Waals surface area contributed by atoms with Crippen molar-refractivity contribution in [2.24, 2.45) is 0 Å². The minimum absolute atomic E-state index is 0.0419. The molecule has 27 heavy (non-hydrogen) atoms. The number of aromatic hydroxyl groups is 1. The van der Waals surface area contributed by atoms with Crippen molar-refractivity contribution in [2.45, 2.75) is 12.4 Å². The van der Waals surface area contributed by atoms with E-state index in [-0.39, 0.29) is 12.1 Å². The van der Waals surface area contributed by atoms with E-state index in [0.29, 0.717) is 0 Å². The highest BCUT2D eigenvalue weighted by atomic mass is 35.5. The van der Waals surface area contributed by atoms with Gasteiger partial charge in [-0.25, -0.2) is 4.39 Å². The van der Waals surface area contributed by atoms with Gasteiger partial charge >= 0.3 is 12.4 Å². The molecule has 0 saturated heterocycles. The van der Waals surface area contributed by atoms with Crippen molar-refractivity contribution in [3.63, 3.8) is 0 Å². The van der Waals surface area contributed by atoms with E-state index < -0.39 is 66.6 Å². The van der Waals surface area contributed by atoms with Gasteiger partial charge in [0, 0.05) is 0 Å². The highest BCUT2D eigenvalue weighted by Gasteiger charge is 2.42. The zero-order valence-electron chi connectivity index (χ0n) is 12.2. The quantitative estimate of drug-likeness (QED) is 0.351. The van der Waals surface area contributed by atoms with E-state index in [0.717, 1.165) is 0 Å². The summed E-state index contributed by atoms with van der Waals surface area (Å²) in [5.41, 5.74) is -3.29. The van der Waals surface area contributed by atoms with Crippen molar-refractivity contribution in [3.05, 3.63) is 49.2 Å². The summed E-state index contributed by atoms with van der Waals surface area (Å²) in [5, 5.41) is 5.37. The van der Waals surface area contributed by atoms with Gasteiger partial charge < -0.3 is 9.84 Å². The highest BCUT2D eigenvalue weighted by molar-refractivity contribution is 6.46. The monoisotopic (exact) mass is 476 g/mol. The first-order chi connectivity index (χ1) is 12.2. The molecule has 0 atom stereocenters. The Kier molecular flexibility index (Phi) is 5.93. The molecule has 0 spiro atoms. The topological polar surface area (TPSA) is 29.5 Å². The van der Waals surface area contributed by atoms with Gasteiger partial charge in [-0.2, -0.15) is 26.3 Å². The maximum Gasteiger partial charge on any atom is 0.421 e. The summed E-state index contributed by atoms with van der Waals surface area (Å²) in [4.78, 5) is 0. The van der Waals surface area contributed by atoms with Crippen molar-refractivity contribution >= 4 is 46.4 Å². The van der Waals surface area contributed by atoms with Crippen molar-refractivity contribution in [1.82, 2.24) is 0 Å². The molecular weight excluding hydrogens is 475 g/mol. The molecule has 148 valence electrons. The number of ether oxygens (including phenoxy) is 1. The molecule has 0 aromatic heterocycles.